The zero-order valence-corrected chi connectivity index (χ0v) is 16.5. The Balaban J connectivity index is 1.43. The summed E-state index contributed by atoms with van der Waals surface area (Å²) in [6, 6.07) is 9.56. The number of rotatable bonds is 6. The Morgan fingerprint density at radius 3 is 2.86 bits per heavy atom. The smallest absolute Gasteiger partial charge is 0.275 e. The number of fused-ring (bicyclic) bond motifs is 1. The molecular formula is C21H21N5O3. The highest BCUT2D eigenvalue weighted by Gasteiger charge is 2.19. The van der Waals surface area contributed by atoms with E-state index in [-0.39, 0.29) is 18.2 Å². The summed E-state index contributed by atoms with van der Waals surface area (Å²) in [5, 5.41) is 8.07. The van der Waals surface area contributed by atoms with Crippen molar-refractivity contribution in [1.82, 2.24) is 25.1 Å². The number of carbonyl (C=O) groups excluding carboxylic acids is 1. The minimum absolute atomic E-state index is 0.104. The first-order valence-electron chi connectivity index (χ1n) is 9.20. The van der Waals surface area contributed by atoms with Crippen LogP contribution in [0.2, 0.25) is 0 Å². The SMILES string of the molecule is Cc1n[nH]c(C)c1CN(C)C(=O)c1coc(COc2cccc3cccnc23)n1. The lowest BCUT2D eigenvalue weighted by Crippen LogP contribution is -2.27. The maximum Gasteiger partial charge on any atom is 0.275 e. The van der Waals surface area contributed by atoms with Gasteiger partial charge in [-0.3, -0.25) is 14.9 Å². The summed E-state index contributed by atoms with van der Waals surface area (Å²) in [7, 11) is 1.72. The van der Waals surface area contributed by atoms with Gasteiger partial charge >= 0.3 is 0 Å². The lowest BCUT2D eigenvalue weighted by molar-refractivity contribution is 0.0779. The first-order chi connectivity index (χ1) is 14.0. The molecule has 0 aliphatic heterocycles. The van der Waals surface area contributed by atoms with Crippen molar-refractivity contribution >= 4 is 16.8 Å². The number of pyridine rings is 1. The zero-order chi connectivity index (χ0) is 20.4. The molecule has 0 aliphatic carbocycles. The van der Waals surface area contributed by atoms with Gasteiger partial charge in [0.05, 0.1) is 5.69 Å². The summed E-state index contributed by atoms with van der Waals surface area (Å²) >= 11 is 0. The normalized spacial score (nSPS) is 11.0. The fourth-order valence-electron chi connectivity index (χ4n) is 3.12. The first kappa shape index (κ1) is 18.7. The second-order valence-corrected chi connectivity index (χ2v) is 6.82. The molecule has 4 rings (SSSR count). The van der Waals surface area contributed by atoms with Crippen LogP contribution in [-0.2, 0) is 13.2 Å². The standard InChI is InChI=1S/C21H21N5O3/c1-13-16(14(2)25-24-13)10-26(3)21(27)17-11-29-19(23-17)12-28-18-8-4-6-15-7-5-9-22-20(15)18/h4-9,11H,10,12H2,1-3H3,(H,24,25). The molecule has 4 aromatic rings. The molecule has 8 nitrogen and oxygen atoms in total. The summed E-state index contributed by atoms with van der Waals surface area (Å²) in [4.78, 5) is 22.9. The molecule has 0 fully saturated rings. The van der Waals surface area contributed by atoms with Crippen LogP contribution in [0.1, 0.15) is 33.3 Å². The summed E-state index contributed by atoms with van der Waals surface area (Å²) in [5.41, 5.74) is 3.82. The van der Waals surface area contributed by atoms with E-state index in [2.05, 4.69) is 20.2 Å². The van der Waals surface area contributed by atoms with Crippen LogP contribution >= 0.6 is 0 Å². The van der Waals surface area contributed by atoms with Gasteiger partial charge in [-0.15, -0.1) is 0 Å². The number of hydrogen-bond acceptors (Lipinski definition) is 6. The number of ether oxygens (including phenoxy) is 1. The lowest BCUT2D eigenvalue weighted by atomic mass is 10.2. The topological polar surface area (TPSA) is 97.1 Å². The van der Waals surface area contributed by atoms with E-state index in [0.29, 0.717) is 18.2 Å². The number of aryl methyl sites for hydroxylation is 2. The predicted octanol–water partition coefficient (Wildman–Crippen LogP) is 3.41. The number of aromatic amines is 1. The summed E-state index contributed by atoms with van der Waals surface area (Å²) < 4.78 is 11.2. The fraction of sp³-hybridized carbons (Fsp3) is 0.238. The molecule has 1 aromatic carbocycles. The van der Waals surface area contributed by atoms with E-state index in [1.807, 2.05) is 44.2 Å². The number of amides is 1. The fourth-order valence-corrected chi connectivity index (χ4v) is 3.12. The van der Waals surface area contributed by atoms with Crippen LogP contribution in [-0.4, -0.2) is 38.0 Å². The largest absolute Gasteiger partial charge is 0.482 e. The van der Waals surface area contributed by atoms with Crippen LogP contribution in [0.5, 0.6) is 5.75 Å². The Morgan fingerprint density at radius 1 is 1.24 bits per heavy atom. The van der Waals surface area contributed by atoms with Gasteiger partial charge in [-0.2, -0.15) is 5.10 Å². The summed E-state index contributed by atoms with van der Waals surface area (Å²) in [6.45, 7) is 4.38. The predicted molar refractivity (Wildman–Crippen MR) is 106 cm³/mol. The van der Waals surface area contributed by atoms with Crippen molar-refractivity contribution in [3.8, 4) is 5.75 Å². The average molecular weight is 391 g/mol. The minimum Gasteiger partial charge on any atom is -0.482 e. The van der Waals surface area contributed by atoms with E-state index in [0.717, 1.165) is 27.9 Å². The number of oxazole rings is 1. The molecule has 3 heterocycles. The van der Waals surface area contributed by atoms with Crippen molar-refractivity contribution in [3.63, 3.8) is 0 Å². The highest BCUT2D eigenvalue weighted by molar-refractivity contribution is 5.91. The molecule has 1 N–H and O–H groups in total. The third-order valence-corrected chi connectivity index (χ3v) is 4.74. The van der Waals surface area contributed by atoms with Gasteiger partial charge in [0.1, 0.15) is 17.5 Å². The second kappa shape index (κ2) is 7.75. The van der Waals surface area contributed by atoms with Crippen molar-refractivity contribution in [2.75, 3.05) is 7.05 Å². The Morgan fingerprint density at radius 2 is 2.07 bits per heavy atom. The molecule has 148 valence electrons. The third-order valence-electron chi connectivity index (χ3n) is 4.74. The number of aromatic nitrogens is 4. The van der Waals surface area contributed by atoms with Crippen molar-refractivity contribution in [3.05, 3.63) is 71.3 Å². The van der Waals surface area contributed by atoms with Gasteiger partial charge in [-0.05, 0) is 26.0 Å². The Bertz CT molecular complexity index is 1140. The van der Waals surface area contributed by atoms with Crippen molar-refractivity contribution in [2.45, 2.75) is 27.0 Å². The van der Waals surface area contributed by atoms with Crippen molar-refractivity contribution in [2.24, 2.45) is 0 Å². The van der Waals surface area contributed by atoms with Crippen LogP contribution in [0, 0.1) is 13.8 Å². The van der Waals surface area contributed by atoms with E-state index >= 15 is 0 Å². The van der Waals surface area contributed by atoms with Gasteiger partial charge in [-0.25, -0.2) is 4.98 Å². The monoisotopic (exact) mass is 391 g/mol. The number of benzene rings is 1. The molecule has 3 aromatic heterocycles. The van der Waals surface area contributed by atoms with Crippen molar-refractivity contribution < 1.29 is 13.9 Å². The maximum atomic E-state index is 12.7. The molecule has 1 amide bonds. The molecule has 8 heteroatoms. The van der Waals surface area contributed by atoms with Gasteiger partial charge in [-0.1, -0.05) is 18.2 Å². The first-order valence-corrected chi connectivity index (χ1v) is 9.20. The highest BCUT2D eigenvalue weighted by atomic mass is 16.5. The Kier molecular flexibility index (Phi) is 4.99. The minimum atomic E-state index is -0.230. The molecular weight excluding hydrogens is 370 g/mol. The molecule has 0 spiro atoms. The Labute approximate surface area is 167 Å². The van der Waals surface area contributed by atoms with Crippen molar-refractivity contribution in [1.29, 1.82) is 0 Å². The van der Waals surface area contributed by atoms with E-state index in [9.17, 15) is 4.79 Å². The summed E-state index contributed by atoms with van der Waals surface area (Å²) in [6.07, 6.45) is 3.07. The molecule has 0 unspecified atom stereocenters. The van der Waals surface area contributed by atoms with Gasteiger partial charge in [0.15, 0.2) is 12.3 Å². The van der Waals surface area contributed by atoms with Gasteiger partial charge in [0.2, 0.25) is 5.89 Å². The van der Waals surface area contributed by atoms with Crippen LogP contribution < -0.4 is 4.74 Å². The lowest BCUT2D eigenvalue weighted by Gasteiger charge is -2.15. The number of carbonyl (C=O) groups is 1. The quantitative estimate of drug-likeness (QED) is 0.541. The molecule has 29 heavy (non-hydrogen) atoms. The van der Waals surface area contributed by atoms with E-state index in [4.69, 9.17) is 9.15 Å². The van der Waals surface area contributed by atoms with Crippen LogP contribution in [0.3, 0.4) is 0 Å². The third kappa shape index (κ3) is 3.82. The van der Waals surface area contributed by atoms with E-state index in [1.165, 1.54) is 6.26 Å². The number of nitrogens with zero attached hydrogens (tertiary/aromatic N) is 4. The number of hydrogen-bond donors (Lipinski definition) is 1. The summed E-state index contributed by atoms with van der Waals surface area (Å²) in [5.74, 6) is 0.731. The van der Waals surface area contributed by atoms with Crippen LogP contribution in [0.4, 0.5) is 0 Å². The zero-order valence-electron chi connectivity index (χ0n) is 16.5. The van der Waals surface area contributed by atoms with Crippen LogP contribution in [0.25, 0.3) is 10.9 Å². The molecule has 0 radical (unpaired) electrons. The average Bonchev–Trinajstić information content (AvgIpc) is 3.33. The van der Waals surface area contributed by atoms with Gasteiger partial charge in [0.25, 0.3) is 5.91 Å². The van der Waals surface area contributed by atoms with Crippen LogP contribution in [0.15, 0.2) is 47.2 Å². The van der Waals surface area contributed by atoms with Gasteiger partial charge in [0, 0.05) is 36.4 Å². The molecule has 0 saturated carbocycles. The van der Waals surface area contributed by atoms with Gasteiger partial charge < -0.3 is 14.1 Å². The number of H-pyrrole nitrogens is 1. The molecule has 0 saturated heterocycles. The second-order valence-electron chi connectivity index (χ2n) is 6.82. The highest BCUT2D eigenvalue weighted by Crippen LogP contribution is 2.24. The van der Waals surface area contributed by atoms with E-state index < -0.39 is 0 Å². The number of nitrogens with one attached hydrogen (secondary N) is 1. The molecule has 0 atom stereocenters. The molecule has 0 bridgehead atoms. The number of para-hydroxylation sites is 1. The Hall–Kier alpha value is -3.68. The molecule has 0 aliphatic rings. The maximum absolute atomic E-state index is 12.7. The van der Waals surface area contributed by atoms with E-state index in [1.54, 1.807) is 18.1 Å².